The number of hydrogen-bond acceptors (Lipinski definition) is 6. The van der Waals surface area contributed by atoms with Crippen molar-refractivity contribution in [2.45, 2.75) is 58.2 Å². The second-order valence-corrected chi connectivity index (χ2v) is 12.7. The Labute approximate surface area is 257 Å². The van der Waals surface area contributed by atoms with Gasteiger partial charge in [-0.25, -0.2) is 18.0 Å². The van der Waals surface area contributed by atoms with Crippen molar-refractivity contribution in [3.63, 3.8) is 0 Å². The molecule has 2 unspecified atom stereocenters. The van der Waals surface area contributed by atoms with E-state index in [2.05, 4.69) is 31.0 Å². The molecule has 1 saturated carbocycles. The summed E-state index contributed by atoms with van der Waals surface area (Å²) in [5.41, 5.74) is 2.32. The van der Waals surface area contributed by atoms with Crippen LogP contribution < -0.4 is 14.8 Å². The Kier molecular flexibility index (Phi) is 9.85. The standard InChI is InChI=1S/C35H41F3N2O4/c1-5-42-34(41)32(44-26-12-8-24(9-13-26)35(2,3)4)16-22-6-10-25(11-7-22)43-15-14-39-33-27-20-40(21-28(27)33)19-23-17-30(37)31(38)18-29(23)36/h6-13,17-18,27-28,32-33,39H,5,14-16,19-21H2,1-4H3/t27-,28?,32-,33?/m0/s1. The number of hydrogen-bond donors (Lipinski definition) is 1. The summed E-state index contributed by atoms with van der Waals surface area (Å²) in [4.78, 5) is 14.8. The molecule has 3 aromatic rings. The van der Waals surface area contributed by atoms with Crippen LogP contribution in [0.25, 0.3) is 0 Å². The third kappa shape index (κ3) is 7.93. The first-order chi connectivity index (χ1) is 21.0. The number of fused-ring (bicyclic) bond motifs is 1. The van der Waals surface area contributed by atoms with Gasteiger partial charge in [-0.3, -0.25) is 4.90 Å². The first-order valence-corrected chi connectivity index (χ1v) is 15.3. The average Bonchev–Trinajstić information content (AvgIpc) is 3.43. The minimum Gasteiger partial charge on any atom is -0.492 e. The zero-order chi connectivity index (χ0) is 31.4. The van der Waals surface area contributed by atoms with E-state index in [1.807, 2.05) is 48.5 Å². The van der Waals surface area contributed by atoms with Crippen LogP contribution >= 0.6 is 0 Å². The number of carbonyl (C=O) groups is 1. The molecule has 1 saturated heterocycles. The van der Waals surface area contributed by atoms with Crippen molar-refractivity contribution in [1.82, 2.24) is 10.2 Å². The lowest BCUT2D eigenvalue weighted by Gasteiger charge is -2.21. The SMILES string of the molecule is CCOC(=O)[C@H](Cc1ccc(OCCNC2C3CN(Cc4cc(F)c(F)cc4F)C[C@@H]32)cc1)Oc1ccc(C(C)(C)C)cc1. The van der Waals surface area contributed by atoms with Crippen LogP contribution in [0.5, 0.6) is 11.5 Å². The van der Waals surface area contributed by atoms with E-state index in [0.717, 1.165) is 30.5 Å². The molecule has 0 radical (unpaired) electrons. The van der Waals surface area contributed by atoms with Crippen LogP contribution in [0.1, 0.15) is 44.4 Å². The molecule has 9 heteroatoms. The predicted octanol–water partition coefficient (Wildman–Crippen LogP) is 6.05. The molecular weight excluding hydrogens is 569 g/mol. The summed E-state index contributed by atoms with van der Waals surface area (Å²) in [6.07, 6.45) is -0.400. The van der Waals surface area contributed by atoms with Gasteiger partial charge in [0.1, 0.15) is 23.9 Å². The van der Waals surface area contributed by atoms with Gasteiger partial charge in [0.15, 0.2) is 17.7 Å². The molecule has 1 heterocycles. The molecule has 5 rings (SSSR count). The molecule has 1 aliphatic heterocycles. The minimum atomic E-state index is -1.16. The lowest BCUT2D eigenvalue weighted by atomic mass is 9.87. The quantitative estimate of drug-likeness (QED) is 0.144. The highest BCUT2D eigenvalue weighted by Crippen LogP contribution is 2.45. The fraction of sp³-hybridized carbons (Fsp3) is 0.457. The van der Waals surface area contributed by atoms with Gasteiger partial charge in [0.2, 0.25) is 0 Å². The monoisotopic (exact) mass is 610 g/mol. The number of ether oxygens (including phenoxy) is 3. The number of halogens is 3. The molecule has 0 aromatic heterocycles. The molecule has 4 atom stereocenters. The highest BCUT2D eigenvalue weighted by molar-refractivity contribution is 5.75. The molecule has 2 fully saturated rings. The van der Waals surface area contributed by atoms with Crippen LogP contribution in [0.2, 0.25) is 0 Å². The highest BCUT2D eigenvalue weighted by Gasteiger charge is 2.55. The molecule has 0 spiro atoms. The number of nitrogens with zero attached hydrogens (tertiary/aromatic N) is 1. The number of nitrogens with one attached hydrogen (secondary N) is 1. The van der Waals surface area contributed by atoms with Gasteiger partial charge < -0.3 is 19.5 Å². The van der Waals surface area contributed by atoms with E-state index in [0.29, 0.717) is 49.3 Å². The molecule has 0 amide bonds. The number of esters is 1. The van der Waals surface area contributed by atoms with Gasteiger partial charge in [-0.05, 0) is 65.6 Å². The zero-order valence-electron chi connectivity index (χ0n) is 25.7. The number of likely N-dealkylation sites (tertiary alicyclic amines) is 1. The molecule has 0 bridgehead atoms. The lowest BCUT2D eigenvalue weighted by molar-refractivity contribution is -0.151. The van der Waals surface area contributed by atoms with Crippen molar-refractivity contribution in [2.75, 3.05) is 32.8 Å². The first-order valence-electron chi connectivity index (χ1n) is 15.3. The van der Waals surface area contributed by atoms with Crippen molar-refractivity contribution in [2.24, 2.45) is 11.8 Å². The van der Waals surface area contributed by atoms with E-state index in [1.165, 1.54) is 5.56 Å². The van der Waals surface area contributed by atoms with Gasteiger partial charge in [0.25, 0.3) is 0 Å². The number of benzene rings is 3. The Bertz CT molecular complexity index is 1410. The van der Waals surface area contributed by atoms with Gasteiger partial charge in [-0.2, -0.15) is 0 Å². The summed E-state index contributed by atoms with van der Waals surface area (Å²) in [6.45, 7) is 11.5. The predicted molar refractivity (Wildman–Crippen MR) is 162 cm³/mol. The van der Waals surface area contributed by atoms with Gasteiger partial charge in [-0.15, -0.1) is 0 Å². The second-order valence-electron chi connectivity index (χ2n) is 12.7. The van der Waals surface area contributed by atoms with E-state index >= 15 is 0 Å². The summed E-state index contributed by atoms with van der Waals surface area (Å²) >= 11 is 0. The van der Waals surface area contributed by atoms with Crippen molar-refractivity contribution < 1.29 is 32.2 Å². The maximum absolute atomic E-state index is 14.0. The molecule has 2 aliphatic rings. The highest BCUT2D eigenvalue weighted by atomic mass is 19.2. The second kappa shape index (κ2) is 13.6. The maximum Gasteiger partial charge on any atom is 0.347 e. The van der Waals surface area contributed by atoms with Crippen molar-refractivity contribution in [3.05, 3.63) is 94.8 Å². The van der Waals surface area contributed by atoms with Crippen molar-refractivity contribution in [3.8, 4) is 11.5 Å². The van der Waals surface area contributed by atoms with Crippen LogP contribution in [0.4, 0.5) is 13.2 Å². The van der Waals surface area contributed by atoms with Crippen LogP contribution in [-0.2, 0) is 27.9 Å². The number of piperidine rings is 1. The first kappa shape index (κ1) is 31.9. The number of rotatable bonds is 13. The molecule has 6 nitrogen and oxygen atoms in total. The molecule has 44 heavy (non-hydrogen) atoms. The van der Waals surface area contributed by atoms with E-state index in [1.54, 1.807) is 6.92 Å². The van der Waals surface area contributed by atoms with Crippen LogP contribution in [0.3, 0.4) is 0 Å². The summed E-state index contributed by atoms with van der Waals surface area (Å²) in [6, 6.07) is 17.4. The molecule has 1 N–H and O–H groups in total. The van der Waals surface area contributed by atoms with E-state index in [4.69, 9.17) is 14.2 Å². The maximum atomic E-state index is 14.0. The van der Waals surface area contributed by atoms with Crippen LogP contribution in [-0.4, -0.2) is 55.9 Å². The summed E-state index contributed by atoms with van der Waals surface area (Å²) in [5, 5.41) is 3.53. The number of carbonyl (C=O) groups excluding carboxylic acids is 1. The fourth-order valence-corrected chi connectivity index (χ4v) is 5.91. The van der Waals surface area contributed by atoms with Crippen LogP contribution in [0.15, 0.2) is 60.7 Å². The molecular formula is C35H41F3N2O4. The molecule has 3 aromatic carbocycles. The Morgan fingerprint density at radius 3 is 2.20 bits per heavy atom. The molecule has 1 aliphatic carbocycles. The van der Waals surface area contributed by atoms with E-state index in [-0.39, 0.29) is 24.1 Å². The lowest BCUT2D eigenvalue weighted by Crippen LogP contribution is -2.33. The summed E-state index contributed by atoms with van der Waals surface area (Å²) in [7, 11) is 0. The third-order valence-corrected chi connectivity index (χ3v) is 8.40. The smallest absolute Gasteiger partial charge is 0.347 e. The topological polar surface area (TPSA) is 60.0 Å². The third-order valence-electron chi connectivity index (χ3n) is 8.40. The van der Waals surface area contributed by atoms with Crippen molar-refractivity contribution in [1.29, 1.82) is 0 Å². The van der Waals surface area contributed by atoms with Gasteiger partial charge in [0.05, 0.1) is 6.61 Å². The average molecular weight is 611 g/mol. The Morgan fingerprint density at radius 1 is 0.932 bits per heavy atom. The van der Waals surface area contributed by atoms with E-state index in [9.17, 15) is 18.0 Å². The Hall–Kier alpha value is -3.56. The van der Waals surface area contributed by atoms with Gasteiger partial charge >= 0.3 is 5.97 Å². The zero-order valence-corrected chi connectivity index (χ0v) is 25.7. The Morgan fingerprint density at radius 2 is 1.57 bits per heavy atom. The van der Waals surface area contributed by atoms with Gasteiger partial charge in [0, 0.05) is 50.3 Å². The van der Waals surface area contributed by atoms with Crippen LogP contribution in [0, 0.1) is 29.3 Å². The largest absolute Gasteiger partial charge is 0.492 e. The summed E-state index contributed by atoms with van der Waals surface area (Å²) < 4.78 is 57.9. The van der Waals surface area contributed by atoms with Crippen molar-refractivity contribution >= 4 is 5.97 Å². The fourth-order valence-electron chi connectivity index (χ4n) is 5.91. The molecule has 236 valence electrons. The minimum absolute atomic E-state index is 0.0253. The van der Waals surface area contributed by atoms with E-state index < -0.39 is 29.5 Å². The summed E-state index contributed by atoms with van der Waals surface area (Å²) in [5.74, 6) is -1.01. The van der Waals surface area contributed by atoms with Gasteiger partial charge in [-0.1, -0.05) is 45.0 Å². The normalized spacial score (nSPS) is 20.2. The Balaban J connectivity index is 1.04.